The monoisotopic (exact) mass is 490 g/mol. The standard InChI is InChI=1S/C26H23BrN2O3/c1-16-4-6-18(7-5-16)24(30)22-23(17-8-10-19(27)11-9-17)29(26(32)25(22)31)21-14-12-20(13-15-21)28(2)3/h4-15,23,30H,1-3H3/t23-/m0/s1. The SMILES string of the molecule is Cc1ccc(C(O)=C2C(=O)C(=O)N(c3ccc(N(C)C)cc3)[C@H]2c2ccc(Br)cc2)cc1. The van der Waals surface area contributed by atoms with Crippen LogP contribution in [0.5, 0.6) is 0 Å². The maximum Gasteiger partial charge on any atom is 0.300 e. The van der Waals surface area contributed by atoms with Crippen molar-refractivity contribution in [3.8, 4) is 0 Å². The number of halogens is 1. The number of benzene rings is 3. The smallest absolute Gasteiger partial charge is 0.300 e. The summed E-state index contributed by atoms with van der Waals surface area (Å²) >= 11 is 3.43. The number of rotatable bonds is 4. The number of carbonyl (C=O) groups excluding carboxylic acids is 2. The van der Waals surface area contributed by atoms with Crippen LogP contribution >= 0.6 is 15.9 Å². The third kappa shape index (κ3) is 3.94. The predicted octanol–water partition coefficient (Wildman–Crippen LogP) is 5.45. The summed E-state index contributed by atoms with van der Waals surface area (Å²) in [5.74, 6) is -1.54. The maximum absolute atomic E-state index is 13.2. The molecule has 1 N–H and O–H groups in total. The Labute approximate surface area is 195 Å². The zero-order chi connectivity index (χ0) is 23.0. The summed E-state index contributed by atoms with van der Waals surface area (Å²) in [5, 5.41) is 11.1. The molecule has 1 heterocycles. The molecule has 1 aliphatic heterocycles. The first-order valence-electron chi connectivity index (χ1n) is 10.2. The lowest BCUT2D eigenvalue weighted by Crippen LogP contribution is -2.29. The number of ketones is 1. The molecule has 0 bridgehead atoms. The number of nitrogens with zero attached hydrogens (tertiary/aromatic N) is 2. The Hall–Kier alpha value is -3.38. The van der Waals surface area contributed by atoms with Gasteiger partial charge in [-0.25, -0.2) is 0 Å². The van der Waals surface area contributed by atoms with Crippen LogP contribution in [0.15, 0.2) is 82.8 Å². The Morgan fingerprint density at radius 1 is 0.906 bits per heavy atom. The van der Waals surface area contributed by atoms with E-state index in [1.165, 1.54) is 4.90 Å². The molecule has 0 spiro atoms. The summed E-state index contributed by atoms with van der Waals surface area (Å²) in [7, 11) is 3.87. The molecule has 1 atom stereocenters. The van der Waals surface area contributed by atoms with E-state index in [4.69, 9.17) is 0 Å². The number of aliphatic hydroxyl groups excluding tert-OH is 1. The average molecular weight is 491 g/mol. The van der Waals surface area contributed by atoms with E-state index in [1.54, 1.807) is 12.1 Å². The first-order valence-corrected chi connectivity index (χ1v) is 11.0. The van der Waals surface area contributed by atoms with Crippen LogP contribution in [0.3, 0.4) is 0 Å². The molecule has 0 unspecified atom stereocenters. The van der Waals surface area contributed by atoms with Gasteiger partial charge in [-0.3, -0.25) is 14.5 Å². The van der Waals surface area contributed by atoms with Crippen molar-refractivity contribution in [2.24, 2.45) is 0 Å². The number of aliphatic hydroxyl groups is 1. The molecule has 5 nitrogen and oxygen atoms in total. The molecule has 4 rings (SSSR count). The van der Waals surface area contributed by atoms with Gasteiger partial charge >= 0.3 is 0 Å². The highest BCUT2D eigenvalue weighted by molar-refractivity contribution is 9.10. The molecule has 1 aliphatic rings. The molecule has 3 aromatic carbocycles. The molecule has 1 amide bonds. The lowest BCUT2D eigenvalue weighted by atomic mass is 9.95. The molecule has 1 fully saturated rings. The summed E-state index contributed by atoms with van der Waals surface area (Å²) in [6, 6.07) is 21.3. The van der Waals surface area contributed by atoms with Crippen LogP contribution in [0, 0.1) is 6.92 Å². The third-order valence-corrected chi connectivity index (χ3v) is 6.13. The summed E-state index contributed by atoms with van der Waals surface area (Å²) in [4.78, 5) is 29.8. The van der Waals surface area contributed by atoms with Crippen molar-refractivity contribution in [2.75, 3.05) is 23.9 Å². The highest BCUT2D eigenvalue weighted by Crippen LogP contribution is 2.42. The predicted molar refractivity (Wildman–Crippen MR) is 131 cm³/mol. The van der Waals surface area contributed by atoms with Crippen molar-refractivity contribution < 1.29 is 14.7 Å². The molecule has 1 saturated heterocycles. The molecule has 0 saturated carbocycles. The molecule has 162 valence electrons. The van der Waals surface area contributed by atoms with Gasteiger partial charge in [-0.15, -0.1) is 0 Å². The Morgan fingerprint density at radius 2 is 1.50 bits per heavy atom. The molecular formula is C26H23BrN2O3. The normalized spacial score (nSPS) is 17.6. The Kier molecular flexibility index (Phi) is 5.89. The number of hydrogen-bond acceptors (Lipinski definition) is 4. The van der Waals surface area contributed by atoms with Crippen molar-refractivity contribution >= 4 is 44.8 Å². The minimum absolute atomic E-state index is 0.0814. The van der Waals surface area contributed by atoms with Gasteiger partial charge < -0.3 is 10.0 Å². The summed E-state index contributed by atoms with van der Waals surface area (Å²) in [5.41, 5.74) is 3.92. The van der Waals surface area contributed by atoms with Crippen LogP contribution in [0.4, 0.5) is 11.4 Å². The molecule has 0 radical (unpaired) electrons. The van der Waals surface area contributed by atoms with Gasteiger partial charge in [-0.1, -0.05) is 57.9 Å². The zero-order valence-corrected chi connectivity index (χ0v) is 19.6. The average Bonchev–Trinajstić information content (AvgIpc) is 3.05. The third-order valence-electron chi connectivity index (χ3n) is 5.60. The maximum atomic E-state index is 13.2. The van der Waals surface area contributed by atoms with Gasteiger partial charge in [0.2, 0.25) is 0 Å². The van der Waals surface area contributed by atoms with Crippen LogP contribution < -0.4 is 9.80 Å². The van der Waals surface area contributed by atoms with E-state index in [1.807, 2.05) is 86.6 Å². The van der Waals surface area contributed by atoms with E-state index < -0.39 is 17.7 Å². The quantitative estimate of drug-likeness (QED) is 0.300. The first kappa shape index (κ1) is 21.8. The first-order chi connectivity index (χ1) is 15.3. The van der Waals surface area contributed by atoms with Gasteiger partial charge in [0.25, 0.3) is 11.7 Å². The fraction of sp³-hybridized carbons (Fsp3) is 0.154. The van der Waals surface area contributed by atoms with Gasteiger partial charge in [-0.2, -0.15) is 0 Å². The number of Topliss-reactive ketones (excluding diaryl/α,β-unsaturated/α-hetero) is 1. The lowest BCUT2D eigenvalue weighted by molar-refractivity contribution is -0.132. The van der Waals surface area contributed by atoms with E-state index in [-0.39, 0.29) is 11.3 Å². The molecule has 3 aromatic rings. The second-order valence-corrected chi connectivity index (χ2v) is 8.91. The van der Waals surface area contributed by atoms with Gasteiger partial charge in [0.15, 0.2) is 0 Å². The van der Waals surface area contributed by atoms with E-state index in [0.717, 1.165) is 21.3 Å². The molecule has 0 aliphatic carbocycles. The van der Waals surface area contributed by atoms with Crippen LogP contribution in [0.25, 0.3) is 5.76 Å². The molecular weight excluding hydrogens is 468 g/mol. The largest absolute Gasteiger partial charge is 0.507 e. The fourth-order valence-corrected chi connectivity index (χ4v) is 4.10. The van der Waals surface area contributed by atoms with Gasteiger partial charge in [0, 0.05) is 35.5 Å². The summed E-state index contributed by atoms with van der Waals surface area (Å²) < 4.78 is 0.882. The fourth-order valence-electron chi connectivity index (χ4n) is 3.84. The van der Waals surface area contributed by atoms with Crippen LogP contribution in [0.1, 0.15) is 22.7 Å². The topological polar surface area (TPSA) is 60.9 Å². The van der Waals surface area contributed by atoms with Crippen LogP contribution in [-0.2, 0) is 9.59 Å². The second kappa shape index (κ2) is 8.63. The molecule has 32 heavy (non-hydrogen) atoms. The van der Waals surface area contributed by atoms with Crippen molar-refractivity contribution in [3.63, 3.8) is 0 Å². The minimum Gasteiger partial charge on any atom is -0.507 e. The van der Waals surface area contributed by atoms with Gasteiger partial charge in [-0.05, 0) is 48.9 Å². The van der Waals surface area contributed by atoms with Crippen molar-refractivity contribution in [3.05, 3.63) is 99.5 Å². The number of carbonyl (C=O) groups is 2. The second-order valence-electron chi connectivity index (χ2n) is 8.00. The number of amides is 1. The number of aryl methyl sites for hydroxylation is 1. The summed E-state index contributed by atoms with van der Waals surface area (Å²) in [6.07, 6.45) is 0. The van der Waals surface area contributed by atoms with E-state index in [2.05, 4.69) is 15.9 Å². The van der Waals surface area contributed by atoms with Crippen molar-refractivity contribution in [2.45, 2.75) is 13.0 Å². The minimum atomic E-state index is -0.741. The molecule has 6 heteroatoms. The Morgan fingerprint density at radius 3 is 2.06 bits per heavy atom. The van der Waals surface area contributed by atoms with Crippen molar-refractivity contribution in [1.82, 2.24) is 0 Å². The zero-order valence-electron chi connectivity index (χ0n) is 18.0. The van der Waals surface area contributed by atoms with Gasteiger partial charge in [0.05, 0.1) is 11.6 Å². The van der Waals surface area contributed by atoms with Gasteiger partial charge in [0.1, 0.15) is 5.76 Å². The van der Waals surface area contributed by atoms with Crippen LogP contribution in [0.2, 0.25) is 0 Å². The Balaban J connectivity index is 1.90. The van der Waals surface area contributed by atoms with E-state index >= 15 is 0 Å². The highest BCUT2D eigenvalue weighted by Gasteiger charge is 2.46. The highest BCUT2D eigenvalue weighted by atomic mass is 79.9. The van der Waals surface area contributed by atoms with E-state index in [0.29, 0.717) is 11.3 Å². The van der Waals surface area contributed by atoms with Crippen molar-refractivity contribution in [1.29, 1.82) is 0 Å². The molecule has 0 aromatic heterocycles. The Bertz CT molecular complexity index is 1200. The van der Waals surface area contributed by atoms with Crippen LogP contribution in [-0.4, -0.2) is 30.9 Å². The number of hydrogen-bond donors (Lipinski definition) is 1. The summed E-state index contributed by atoms with van der Waals surface area (Å²) in [6.45, 7) is 1.95. The van der Waals surface area contributed by atoms with E-state index in [9.17, 15) is 14.7 Å². The lowest BCUT2D eigenvalue weighted by Gasteiger charge is -2.26. The number of anilines is 2.